The van der Waals surface area contributed by atoms with E-state index in [4.69, 9.17) is 0 Å². The maximum Gasteiger partial charge on any atom is 0.0312 e. The number of hydrogen-bond donors (Lipinski definition) is 0. The zero-order valence-electron chi connectivity index (χ0n) is 6.99. The number of hydrogen-bond acceptors (Lipinski definition) is 2. The van der Waals surface area contributed by atoms with Crippen molar-refractivity contribution < 1.29 is 8.76 Å². The first-order chi connectivity index (χ1) is 5.72. The van der Waals surface area contributed by atoms with Crippen molar-refractivity contribution in [3.63, 3.8) is 0 Å². The Morgan fingerprint density at radius 2 is 2.58 bits per heavy atom. The van der Waals surface area contributed by atoms with Crippen molar-refractivity contribution in [1.29, 1.82) is 0 Å². The molecular formula is C9H13O2S-. The van der Waals surface area contributed by atoms with Crippen molar-refractivity contribution in [1.82, 2.24) is 0 Å². The molecule has 0 aromatic carbocycles. The molecule has 0 saturated carbocycles. The Morgan fingerprint density at radius 3 is 3.00 bits per heavy atom. The van der Waals surface area contributed by atoms with Gasteiger partial charge in [-0.15, -0.1) is 6.58 Å². The molecule has 2 atom stereocenters. The molecule has 1 aliphatic rings. The highest BCUT2D eigenvalue weighted by Crippen LogP contribution is 2.24. The van der Waals surface area contributed by atoms with Crippen LogP contribution in [-0.4, -0.2) is 14.5 Å². The van der Waals surface area contributed by atoms with Crippen LogP contribution in [0.4, 0.5) is 0 Å². The topological polar surface area (TPSA) is 40.1 Å². The predicted octanol–water partition coefficient (Wildman–Crippen LogP) is 1.78. The lowest BCUT2D eigenvalue weighted by atomic mass is 9.90. The zero-order chi connectivity index (χ0) is 8.97. The van der Waals surface area contributed by atoms with E-state index in [1.165, 1.54) is 0 Å². The summed E-state index contributed by atoms with van der Waals surface area (Å²) in [6, 6.07) is 0. The van der Waals surface area contributed by atoms with E-state index in [2.05, 4.69) is 6.58 Å². The summed E-state index contributed by atoms with van der Waals surface area (Å²) in [6.45, 7) is 3.72. The monoisotopic (exact) mass is 185 g/mol. The molecule has 12 heavy (non-hydrogen) atoms. The molecule has 1 rings (SSSR count). The van der Waals surface area contributed by atoms with Crippen LogP contribution in [0.3, 0.4) is 0 Å². The van der Waals surface area contributed by atoms with E-state index in [-0.39, 0.29) is 5.75 Å². The first-order valence-corrected chi connectivity index (χ1v) is 5.33. The van der Waals surface area contributed by atoms with Crippen molar-refractivity contribution in [2.75, 3.05) is 5.75 Å². The molecule has 0 aromatic rings. The lowest BCUT2D eigenvalue weighted by Crippen LogP contribution is -2.07. The molecule has 68 valence electrons. The van der Waals surface area contributed by atoms with Crippen LogP contribution in [0.15, 0.2) is 24.3 Å². The van der Waals surface area contributed by atoms with E-state index in [9.17, 15) is 8.76 Å². The minimum atomic E-state index is -1.92. The van der Waals surface area contributed by atoms with E-state index in [1.54, 1.807) is 0 Å². The fourth-order valence-corrected chi connectivity index (χ4v) is 1.97. The fourth-order valence-electron chi connectivity index (χ4n) is 1.41. The first-order valence-electron chi connectivity index (χ1n) is 4.08. The third-order valence-electron chi connectivity index (χ3n) is 2.18. The molecule has 0 aliphatic heterocycles. The van der Waals surface area contributed by atoms with Crippen LogP contribution in [0.2, 0.25) is 0 Å². The van der Waals surface area contributed by atoms with Gasteiger partial charge in [-0.1, -0.05) is 28.8 Å². The Hall–Kier alpha value is -0.410. The SMILES string of the molecule is C=C[C@@H]1CC=C(CS(=O)[O-])CC1. The number of allylic oxidation sites excluding steroid dienone is 2. The molecule has 1 aliphatic carbocycles. The summed E-state index contributed by atoms with van der Waals surface area (Å²) in [5.41, 5.74) is 1.06. The third kappa shape index (κ3) is 2.91. The molecule has 0 bridgehead atoms. The normalized spacial score (nSPS) is 26.1. The van der Waals surface area contributed by atoms with Gasteiger partial charge in [-0.3, -0.25) is 4.21 Å². The van der Waals surface area contributed by atoms with Gasteiger partial charge in [-0.05, 0) is 25.2 Å². The van der Waals surface area contributed by atoms with Crippen LogP contribution in [0, 0.1) is 5.92 Å². The van der Waals surface area contributed by atoms with Crippen LogP contribution in [0.1, 0.15) is 19.3 Å². The molecule has 0 amide bonds. The molecule has 0 saturated heterocycles. The second-order valence-corrected chi connectivity index (χ2v) is 3.98. The zero-order valence-corrected chi connectivity index (χ0v) is 7.81. The summed E-state index contributed by atoms with van der Waals surface area (Å²) in [6.07, 6.45) is 6.89. The van der Waals surface area contributed by atoms with Crippen molar-refractivity contribution in [3.05, 3.63) is 24.3 Å². The Morgan fingerprint density at radius 1 is 1.83 bits per heavy atom. The lowest BCUT2D eigenvalue weighted by Gasteiger charge is -2.19. The van der Waals surface area contributed by atoms with Crippen LogP contribution in [0.5, 0.6) is 0 Å². The third-order valence-corrected chi connectivity index (χ3v) is 2.79. The van der Waals surface area contributed by atoms with Crippen molar-refractivity contribution in [2.45, 2.75) is 19.3 Å². The van der Waals surface area contributed by atoms with Crippen LogP contribution < -0.4 is 0 Å². The summed E-state index contributed by atoms with van der Waals surface area (Å²) in [4.78, 5) is 0. The van der Waals surface area contributed by atoms with E-state index in [0.717, 1.165) is 24.8 Å². The summed E-state index contributed by atoms with van der Waals surface area (Å²) in [5.74, 6) is 0.762. The lowest BCUT2D eigenvalue weighted by molar-refractivity contribution is 0.532. The van der Waals surface area contributed by atoms with Crippen LogP contribution in [-0.2, 0) is 11.1 Å². The molecule has 3 heteroatoms. The van der Waals surface area contributed by atoms with Gasteiger partial charge in [-0.2, -0.15) is 0 Å². The van der Waals surface area contributed by atoms with Crippen molar-refractivity contribution in [3.8, 4) is 0 Å². The average Bonchev–Trinajstić information content (AvgIpc) is 2.05. The van der Waals surface area contributed by atoms with Gasteiger partial charge in [0.15, 0.2) is 0 Å². The highest BCUT2D eigenvalue weighted by molar-refractivity contribution is 7.79. The molecule has 1 unspecified atom stereocenters. The van der Waals surface area contributed by atoms with Crippen LogP contribution >= 0.6 is 0 Å². The molecule has 0 fully saturated rings. The van der Waals surface area contributed by atoms with Crippen molar-refractivity contribution in [2.24, 2.45) is 5.92 Å². The predicted molar refractivity (Wildman–Crippen MR) is 49.4 cm³/mol. The summed E-state index contributed by atoms with van der Waals surface area (Å²) in [7, 11) is 0. The largest absolute Gasteiger partial charge is 0.772 e. The quantitative estimate of drug-likeness (QED) is 0.496. The molecule has 0 spiro atoms. The van der Waals surface area contributed by atoms with Gasteiger partial charge in [0.1, 0.15) is 0 Å². The highest BCUT2D eigenvalue weighted by Gasteiger charge is 2.10. The average molecular weight is 185 g/mol. The molecule has 0 heterocycles. The van der Waals surface area contributed by atoms with Gasteiger partial charge in [0.2, 0.25) is 0 Å². The Balaban J connectivity index is 2.44. The Kier molecular flexibility index (Phi) is 3.69. The minimum absolute atomic E-state index is 0.212. The maximum atomic E-state index is 10.4. The molecule has 0 radical (unpaired) electrons. The first kappa shape index (κ1) is 9.68. The maximum absolute atomic E-state index is 10.4. The number of rotatable bonds is 3. The van der Waals surface area contributed by atoms with Gasteiger partial charge in [0, 0.05) is 5.75 Å². The van der Waals surface area contributed by atoms with E-state index < -0.39 is 11.1 Å². The molecule has 2 nitrogen and oxygen atoms in total. The minimum Gasteiger partial charge on any atom is -0.772 e. The van der Waals surface area contributed by atoms with Gasteiger partial charge in [-0.25, -0.2) is 0 Å². The second-order valence-electron chi connectivity index (χ2n) is 3.08. The van der Waals surface area contributed by atoms with E-state index >= 15 is 0 Å². The smallest absolute Gasteiger partial charge is 0.0312 e. The Bertz CT molecular complexity index is 221. The fraction of sp³-hybridized carbons (Fsp3) is 0.556. The van der Waals surface area contributed by atoms with Gasteiger partial charge >= 0.3 is 0 Å². The standard InChI is InChI=1S/C9H14O2S/c1-2-8-3-5-9(6-4-8)7-12(10)11/h2,5,8H,1,3-4,6-7H2,(H,10,11)/p-1/t8-/m1/s1. The Labute approximate surface area is 75.7 Å². The highest BCUT2D eigenvalue weighted by atomic mass is 32.2. The van der Waals surface area contributed by atoms with Gasteiger partial charge in [0.05, 0.1) is 0 Å². The summed E-state index contributed by atoms with van der Waals surface area (Å²) < 4.78 is 20.7. The molecule has 0 aromatic heterocycles. The van der Waals surface area contributed by atoms with E-state index in [1.807, 2.05) is 12.2 Å². The molecular weight excluding hydrogens is 172 g/mol. The van der Waals surface area contributed by atoms with Gasteiger partial charge < -0.3 is 4.55 Å². The van der Waals surface area contributed by atoms with Crippen molar-refractivity contribution >= 4 is 11.1 Å². The van der Waals surface area contributed by atoms with Crippen LogP contribution in [0.25, 0.3) is 0 Å². The summed E-state index contributed by atoms with van der Waals surface area (Å²) >= 11 is -1.92. The molecule has 0 N–H and O–H groups in total. The van der Waals surface area contributed by atoms with Gasteiger partial charge in [0.25, 0.3) is 0 Å². The summed E-state index contributed by atoms with van der Waals surface area (Å²) in [5, 5.41) is 0. The second kappa shape index (κ2) is 4.58. The van der Waals surface area contributed by atoms with E-state index in [0.29, 0.717) is 5.92 Å².